The molecule has 0 atom stereocenters. The van der Waals surface area contributed by atoms with Crippen molar-refractivity contribution in [3.63, 3.8) is 0 Å². The molecular formula is C14H15BrFN5O2. The summed E-state index contributed by atoms with van der Waals surface area (Å²) in [7, 11) is 0. The molecule has 122 valence electrons. The van der Waals surface area contributed by atoms with Crippen LogP contribution in [-0.2, 0) is 16.1 Å². The molecule has 1 amide bonds. The van der Waals surface area contributed by atoms with Gasteiger partial charge in [-0.25, -0.2) is 9.40 Å². The summed E-state index contributed by atoms with van der Waals surface area (Å²) >= 11 is 3.21. The Labute approximate surface area is 140 Å². The van der Waals surface area contributed by atoms with E-state index in [1.807, 2.05) is 0 Å². The van der Waals surface area contributed by atoms with E-state index in [9.17, 15) is 9.18 Å². The van der Waals surface area contributed by atoms with Gasteiger partial charge in [0.2, 0.25) is 0 Å². The van der Waals surface area contributed by atoms with Gasteiger partial charge in [-0.3, -0.25) is 10.2 Å². The van der Waals surface area contributed by atoms with Gasteiger partial charge in [0.05, 0.1) is 19.4 Å². The fourth-order valence-electron chi connectivity index (χ4n) is 2.21. The van der Waals surface area contributed by atoms with E-state index < -0.39 is 5.82 Å². The summed E-state index contributed by atoms with van der Waals surface area (Å²) in [6.07, 6.45) is 1.44. The molecule has 1 aliphatic rings. The van der Waals surface area contributed by atoms with Crippen molar-refractivity contribution in [2.45, 2.75) is 6.54 Å². The van der Waals surface area contributed by atoms with E-state index in [-0.39, 0.29) is 12.5 Å². The molecule has 1 aliphatic heterocycles. The highest BCUT2D eigenvalue weighted by Gasteiger charge is 2.15. The minimum atomic E-state index is -0.399. The lowest BCUT2D eigenvalue weighted by atomic mass is 10.1. The maximum Gasteiger partial charge on any atom is 0.257 e. The number of carbonyl (C=O) groups is 1. The molecule has 2 heterocycles. The van der Waals surface area contributed by atoms with Gasteiger partial charge in [0, 0.05) is 23.1 Å². The molecule has 0 bridgehead atoms. The van der Waals surface area contributed by atoms with E-state index >= 15 is 0 Å². The number of morpholine rings is 1. The van der Waals surface area contributed by atoms with E-state index in [1.54, 1.807) is 17.1 Å². The first-order valence-corrected chi connectivity index (χ1v) is 7.89. The summed E-state index contributed by atoms with van der Waals surface area (Å²) in [4.78, 5) is 13.2. The third-order valence-corrected chi connectivity index (χ3v) is 3.82. The van der Waals surface area contributed by atoms with Crippen LogP contribution in [-0.4, -0.2) is 52.2 Å². The van der Waals surface area contributed by atoms with Crippen LogP contribution in [0, 0.1) is 5.82 Å². The second-order valence-electron chi connectivity index (χ2n) is 5.02. The van der Waals surface area contributed by atoms with Gasteiger partial charge in [-0.1, -0.05) is 15.9 Å². The molecule has 2 aromatic rings. The molecule has 0 aliphatic carbocycles. The first-order valence-electron chi connectivity index (χ1n) is 7.09. The molecule has 1 aromatic heterocycles. The predicted octanol–water partition coefficient (Wildman–Crippen LogP) is 1.21. The summed E-state index contributed by atoms with van der Waals surface area (Å²) in [6.45, 7) is 2.44. The van der Waals surface area contributed by atoms with E-state index in [0.29, 0.717) is 42.0 Å². The Morgan fingerprint density at radius 2 is 2.17 bits per heavy atom. The minimum Gasteiger partial charge on any atom is -0.379 e. The number of rotatable bonds is 4. The Morgan fingerprint density at radius 1 is 1.39 bits per heavy atom. The maximum absolute atomic E-state index is 13.9. The molecule has 23 heavy (non-hydrogen) atoms. The van der Waals surface area contributed by atoms with Crippen molar-refractivity contribution in [3.05, 3.63) is 34.7 Å². The average Bonchev–Trinajstić information content (AvgIpc) is 2.96. The van der Waals surface area contributed by atoms with Crippen molar-refractivity contribution in [2.75, 3.05) is 26.3 Å². The fraction of sp³-hybridized carbons (Fsp3) is 0.357. The Kier molecular flexibility index (Phi) is 4.99. The average molecular weight is 384 g/mol. The minimum absolute atomic E-state index is 0.0322. The molecule has 7 nitrogen and oxygen atoms in total. The predicted molar refractivity (Wildman–Crippen MR) is 83.7 cm³/mol. The number of nitrogens with zero attached hydrogens (tertiary/aromatic N) is 4. The third-order valence-electron chi connectivity index (χ3n) is 3.32. The van der Waals surface area contributed by atoms with Crippen LogP contribution in [0.4, 0.5) is 4.39 Å². The molecule has 1 saturated heterocycles. The lowest BCUT2D eigenvalue weighted by Crippen LogP contribution is -2.49. The van der Waals surface area contributed by atoms with Crippen molar-refractivity contribution in [2.24, 2.45) is 0 Å². The quantitative estimate of drug-likeness (QED) is 0.858. The number of aromatic nitrogens is 3. The highest BCUT2D eigenvalue weighted by molar-refractivity contribution is 9.10. The highest BCUT2D eigenvalue weighted by atomic mass is 79.9. The zero-order chi connectivity index (χ0) is 16.2. The lowest BCUT2D eigenvalue weighted by molar-refractivity contribution is -0.129. The number of hydrogen-bond donors (Lipinski definition) is 1. The smallest absolute Gasteiger partial charge is 0.257 e. The standard InChI is InChI=1S/C14H15BrFN5O2/c15-10-1-2-11(12(16)7-10)13-8-17-21(18-13)9-14(22)19-20-3-5-23-6-4-20/h1-2,7-8H,3-6,9H2,(H,19,22). The first kappa shape index (κ1) is 16.0. The molecule has 3 rings (SSSR count). The molecule has 0 unspecified atom stereocenters. The van der Waals surface area contributed by atoms with E-state index in [4.69, 9.17) is 4.74 Å². The molecule has 0 saturated carbocycles. The van der Waals surface area contributed by atoms with Crippen molar-refractivity contribution in [3.8, 4) is 11.3 Å². The molecule has 0 radical (unpaired) electrons. The van der Waals surface area contributed by atoms with Crippen LogP contribution in [0.15, 0.2) is 28.9 Å². The Balaban J connectivity index is 1.63. The van der Waals surface area contributed by atoms with Gasteiger partial charge in [-0.2, -0.15) is 15.0 Å². The summed E-state index contributed by atoms with van der Waals surface area (Å²) in [5.41, 5.74) is 3.49. The third kappa shape index (κ3) is 4.12. The highest BCUT2D eigenvalue weighted by Crippen LogP contribution is 2.23. The SMILES string of the molecule is O=C(Cn1ncc(-c2ccc(Br)cc2F)n1)NN1CCOCC1. The fourth-order valence-corrected chi connectivity index (χ4v) is 2.54. The van der Waals surface area contributed by atoms with Gasteiger partial charge in [-0.05, 0) is 18.2 Å². The summed E-state index contributed by atoms with van der Waals surface area (Å²) < 4.78 is 19.8. The molecule has 1 fully saturated rings. The number of ether oxygens (including phenoxy) is 1. The number of carbonyl (C=O) groups excluding carboxylic acids is 1. The largest absolute Gasteiger partial charge is 0.379 e. The van der Waals surface area contributed by atoms with E-state index in [0.717, 1.165) is 0 Å². The first-order chi connectivity index (χ1) is 11.1. The van der Waals surface area contributed by atoms with Crippen molar-refractivity contribution in [1.82, 2.24) is 25.4 Å². The monoisotopic (exact) mass is 383 g/mol. The Morgan fingerprint density at radius 3 is 2.91 bits per heavy atom. The Hall–Kier alpha value is -1.84. The van der Waals surface area contributed by atoms with Crippen LogP contribution >= 0.6 is 15.9 Å². The van der Waals surface area contributed by atoms with Crippen molar-refractivity contribution >= 4 is 21.8 Å². The van der Waals surface area contributed by atoms with Gasteiger partial charge in [-0.15, -0.1) is 0 Å². The molecule has 1 N–H and O–H groups in total. The van der Waals surface area contributed by atoms with Gasteiger partial charge in [0.1, 0.15) is 18.1 Å². The van der Waals surface area contributed by atoms with Crippen LogP contribution in [0.3, 0.4) is 0 Å². The van der Waals surface area contributed by atoms with Crippen LogP contribution in [0.2, 0.25) is 0 Å². The molecular weight excluding hydrogens is 369 g/mol. The Bertz CT molecular complexity index is 702. The van der Waals surface area contributed by atoms with E-state index in [2.05, 4.69) is 31.6 Å². The number of hydrogen-bond acceptors (Lipinski definition) is 5. The number of hydrazine groups is 1. The topological polar surface area (TPSA) is 72.3 Å². The summed E-state index contributed by atoms with van der Waals surface area (Å²) in [5, 5.41) is 9.96. The molecule has 0 spiro atoms. The van der Waals surface area contributed by atoms with Crippen molar-refractivity contribution < 1.29 is 13.9 Å². The van der Waals surface area contributed by atoms with E-state index in [1.165, 1.54) is 17.1 Å². The molecule has 9 heteroatoms. The normalized spacial score (nSPS) is 15.6. The maximum atomic E-state index is 13.9. The number of benzene rings is 1. The zero-order valence-electron chi connectivity index (χ0n) is 12.2. The summed E-state index contributed by atoms with van der Waals surface area (Å²) in [6, 6.07) is 4.70. The van der Waals surface area contributed by atoms with Crippen LogP contribution in [0.5, 0.6) is 0 Å². The van der Waals surface area contributed by atoms with Gasteiger partial charge in [0.15, 0.2) is 0 Å². The second kappa shape index (κ2) is 7.16. The molecule has 1 aromatic carbocycles. The zero-order valence-corrected chi connectivity index (χ0v) is 13.8. The van der Waals surface area contributed by atoms with Gasteiger partial charge >= 0.3 is 0 Å². The van der Waals surface area contributed by atoms with Crippen LogP contribution < -0.4 is 5.43 Å². The van der Waals surface area contributed by atoms with Crippen LogP contribution in [0.1, 0.15) is 0 Å². The van der Waals surface area contributed by atoms with Gasteiger partial charge < -0.3 is 4.74 Å². The van der Waals surface area contributed by atoms with Gasteiger partial charge in [0.25, 0.3) is 5.91 Å². The van der Waals surface area contributed by atoms with Crippen molar-refractivity contribution in [1.29, 1.82) is 0 Å². The lowest BCUT2D eigenvalue weighted by Gasteiger charge is -2.26. The van der Waals surface area contributed by atoms with Crippen LogP contribution in [0.25, 0.3) is 11.3 Å². The second-order valence-corrected chi connectivity index (χ2v) is 5.93. The number of nitrogens with one attached hydrogen (secondary N) is 1. The number of amides is 1. The number of halogens is 2. The summed E-state index contributed by atoms with van der Waals surface area (Å²) in [5.74, 6) is -0.630.